The van der Waals surface area contributed by atoms with Gasteiger partial charge in [0.25, 0.3) is 5.91 Å². The van der Waals surface area contributed by atoms with E-state index in [4.69, 9.17) is 0 Å². The molecule has 0 aliphatic heterocycles. The quantitative estimate of drug-likeness (QED) is 0.778. The first-order valence-electron chi connectivity index (χ1n) is 6.93. The second kappa shape index (κ2) is 6.57. The van der Waals surface area contributed by atoms with E-state index in [0.29, 0.717) is 18.0 Å². The maximum absolute atomic E-state index is 12.1. The van der Waals surface area contributed by atoms with Crippen LogP contribution in [0.25, 0.3) is 0 Å². The molecule has 2 rings (SSSR count). The molecule has 1 aliphatic rings. The summed E-state index contributed by atoms with van der Waals surface area (Å²) in [4.78, 5) is 12.1. The Morgan fingerprint density at radius 3 is 2.89 bits per heavy atom. The summed E-state index contributed by atoms with van der Waals surface area (Å²) in [6.07, 6.45) is 3.64. The molecule has 0 bridgehead atoms. The summed E-state index contributed by atoms with van der Waals surface area (Å²) in [5, 5.41) is 15.6. The molecule has 2 atom stereocenters. The first-order chi connectivity index (χ1) is 9.20. The molecular formula is C15H22N2O2. The standard InChI is InChI=1S/C15H22N2O2/c1-16-14-8-3-2-7-13(14)15(19)17-10-11-5-4-6-12(18)9-11/h2-3,7-8,11-12,16,18H,4-6,9-10H2,1H3,(H,17,19). The third-order valence-corrected chi connectivity index (χ3v) is 3.75. The zero-order chi connectivity index (χ0) is 13.7. The molecule has 1 amide bonds. The predicted octanol–water partition coefficient (Wildman–Crippen LogP) is 2.01. The molecule has 1 fully saturated rings. The average molecular weight is 262 g/mol. The second-order valence-corrected chi connectivity index (χ2v) is 5.19. The number of nitrogens with one attached hydrogen (secondary N) is 2. The maximum atomic E-state index is 12.1. The normalized spacial score (nSPS) is 22.8. The van der Waals surface area contributed by atoms with Crippen LogP contribution in [0.2, 0.25) is 0 Å². The monoisotopic (exact) mass is 262 g/mol. The summed E-state index contributed by atoms with van der Waals surface area (Å²) < 4.78 is 0. The number of para-hydroxylation sites is 1. The highest BCUT2D eigenvalue weighted by Gasteiger charge is 2.21. The zero-order valence-corrected chi connectivity index (χ0v) is 11.4. The lowest BCUT2D eigenvalue weighted by atomic mass is 9.87. The maximum Gasteiger partial charge on any atom is 0.253 e. The van der Waals surface area contributed by atoms with Crippen LogP contribution in [-0.2, 0) is 0 Å². The van der Waals surface area contributed by atoms with Crippen molar-refractivity contribution in [3.63, 3.8) is 0 Å². The Bertz CT molecular complexity index is 434. The number of benzene rings is 1. The summed E-state index contributed by atoms with van der Waals surface area (Å²) in [5.74, 6) is 0.347. The Kier molecular flexibility index (Phi) is 4.80. The molecule has 1 aromatic carbocycles. The third-order valence-electron chi connectivity index (χ3n) is 3.75. The highest BCUT2D eigenvalue weighted by atomic mass is 16.3. The summed E-state index contributed by atoms with van der Waals surface area (Å²) in [6, 6.07) is 7.47. The van der Waals surface area contributed by atoms with Crippen LogP contribution in [0.15, 0.2) is 24.3 Å². The molecule has 1 aromatic rings. The van der Waals surface area contributed by atoms with Crippen LogP contribution >= 0.6 is 0 Å². The van der Waals surface area contributed by atoms with E-state index in [1.54, 1.807) is 0 Å². The smallest absolute Gasteiger partial charge is 0.253 e. The van der Waals surface area contributed by atoms with Crippen LogP contribution in [0.1, 0.15) is 36.0 Å². The number of aliphatic hydroxyl groups excluding tert-OH is 1. The third kappa shape index (κ3) is 3.70. The summed E-state index contributed by atoms with van der Waals surface area (Å²) in [7, 11) is 1.81. The van der Waals surface area contributed by atoms with Crippen LogP contribution in [-0.4, -0.2) is 30.7 Å². The van der Waals surface area contributed by atoms with Gasteiger partial charge in [-0.15, -0.1) is 0 Å². The van der Waals surface area contributed by atoms with Crippen LogP contribution in [0, 0.1) is 5.92 Å². The van der Waals surface area contributed by atoms with Crippen molar-refractivity contribution in [2.24, 2.45) is 5.92 Å². The van der Waals surface area contributed by atoms with Crippen molar-refractivity contribution in [3.8, 4) is 0 Å². The van der Waals surface area contributed by atoms with Crippen LogP contribution in [0.4, 0.5) is 5.69 Å². The van der Waals surface area contributed by atoms with Crippen molar-refractivity contribution >= 4 is 11.6 Å². The van der Waals surface area contributed by atoms with E-state index in [1.807, 2.05) is 31.3 Å². The molecule has 104 valence electrons. The van der Waals surface area contributed by atoms with Gasteiger partial charge < -0.3 is 15.7 Å². The molecule has 0 saturated heterocycles. The van der Waals surface area contributed by atoms with Crippen LogP contribution < -0.4 is 10.6 Å². The Morgan fingerprint density at radius 2 is 2.16 bits per heavy atom. The first kappa shape index (κ1) is 13.9. The Morgan fingerprint density at radius 1 is 1.37 bits per heavy atom. The minimum Gasteiger partial charge on any atom is -0.393 e. The number of amides is 1. The van der Waals surface area contributed by atoms with Gasteiger partial charge in [0.15, 0.2) is 0 Å². The minimum absolute atomic E-state index is 0.0509. The summed E-state index contributed by atoms with van der Waals surface area (Å²) in [6.45, 7) is 0.647. The molecule has 0 heterocycles. The number of carbonyl (C=O) groups excluding carboxylic acids is 1. The van der Waals surface area contributed by atoms with Gasteiger partial charge >= 0.3 is 0 Å². The molecule has 0 aromatic heterocycles. The zero-order valence-electron chi connectivity index (χ0n) is 11.4. The van der Waals surface area contributed by atoms with Gasteiger partial charge in [0.05, 0.1) is 11.7 Å². The summed E-state index contributed by atoms with van der Waals surface area (Å²) in [5.41, 5.74) is 1.50. The minimum atomic E-state index is -0.194. The van der Waals surface area contributed by atoms with E-state index in [2.05, 4.69) is 10.6 Å². The number of anilines is 1. The SMILES string of the molecule is CNc1ccccc1C(=O)NCC1CCCC(O)C1. The van der Waals surface area contributed by atoms with Gasteiger partial charge in [-0.2, -0.15) is 0 Å². The number of rotatable bonds is 4. The van der Waals surface area contributed by atoms with Gasteiger partial charge in [0.2, 0.25) is 0 Å². The van der Waals surface area contributed by atoms with E-state index in [9.17, 15) is 9.90 Å². The average Bonchev–Trinajstić information content (AvgIpc) is 2.45. The van der Waals surface area contributed by atoms with Gasteiger partial charge in [-0.05, 0) is 37.3 Å². The molecule has 1 aliphatic carbocycles. The lowest BCUT2D eigenvalue weighted by Crippen LogP contribution is -2.33. The molecule has 4 heteroatoms. The molecule has 0 spiro atoms. The fourth-order valence-corrected chi connectivity index (χ4v) is 2.68. The highest BCUT2D eigenvalue weighted by molar-refractivity contribution is 5.99. The fraction of sp³-hybridized carbons (Fsp3) is 0.533. The molecular weight excluding hydrogens is 240 g/mol. The van der Waals surface area contributed by atoms with Gasteiger partial charge in [-0.3, -0.25) is 4.79 Å². The molecule has 1 saturated carbocycles. The van der Waals surface area contributed by atoms with E-state index in [-0.39, 0.29) is 12.0 Å². The number of hydrogen-bond donors (Lipinski definition) is 3. The van der Waals surface area contributed by atoms with Crippen molar-refractivity contribution in [2.45, 2.75) is 31.8 Å². The number of carbonyl (C=O) groups is 1. The van der Waals surface area contributed by atoms with Crippen molar-refractivity contribution < 1.29 is 9.90 Å². The van der Waals surface area contributed by atoms with Crippen molar-refractivity contribution in [2.75, 3.05) is 18.9 Å². The number of aliphatic hydroxyl groups is 1. The van der Waals surface area contributed by atoms with Gasteiger partial charge in [-0.1, -0.05) is 18.6 Å². The molecule has 4 nitrogen and oxygen atoms in total. The van der Waals surface area contributed by atoms with E-state index in [1.165, 1.54) is 0 Å². The van der Waals surface area contributed by atoms with Crippen LogP contribution in [0.3, 0.4) is 0 Å². The van der Waals surface area contributed by atoms with Crippen molar-refractivity contribution in [1.29, 1.82) is 0 Å². The first-order valence-corrected chi connectivity index (χ1v) is 6.93. The van der Waals surface area contributed by atoms with Crippen molar-refractivity contribution in [1.82, 2.24) is 5.32 Å². The lowest BCUT2D eigenvalue weighted by molar-refractivity contribution is 0.0874. The van der Waals surface area contributed by atoms with Gasteiger partial charge in [0.1, 0.15) is 0 Å². The van der Waals surface area contributed by atoms with Gasteiger partial charge in [0, 0.05) is 19.3 Å². The van der Waals surface area contributed by atoms with E-state index in [0.717, 1.165) is 31.4 Å². The van der Waals surface area contributed by atoms with Crippen LogP contribution in [0.5, 0.6) is 0 Å². The lowest BCUT2D eigenvalue weighted by Gasteiger charge is -2.26. The summed E-state index contributed by atoms with van der Waals surface area (Å²) >= 11 is 0. The Balaban J connectivity index is 1.90. The van der Waals surface area contributed by atoms with E-state index < -0.39 is 0 Å². The highest BCUT2D eigenvalue weighted by Crippen LogP contribution is 2.23. The molecule has 0 radical (unpaired) electrons. The largest absolute Gasteiger partial charge is 0.393 e. The second-order valence-electron chi connectivity index (χ2n) is 5.19. The van der Waals surface area contributed by atoms with E-state index >= 15 is 0 Å². The topological polar surface area (TPSA) is 61.4 Å². The molecule has 19 heavy (non-hydrogen) atoms. The molecule has 3 N–H and O–H groups in total. The van der Waals surface area contributed by atoms with Crippen molar-refractivity contribution in [3.05, 3.63) is 29.8 Å². The molecule has 2 unspecified atom stereocenters. The fourth-order valence-electron chi connectivity index (χ4n) is 2.68. The Labute approximate surface area is 114 Å². The Hall–Kier alpha value is -1.55. The predicted molar refractivity (Wildman–Crippen MR) is 76.3 cm³/mol. The number of hydrogen-bond acceptors (Lipinski definition) is 3. The van der Waals surface area contributed by atoms with Gasteiger partial charge in [-0.25, -0.2) is 0 Å².